The summed E-state index contributed by atoms with van der Waals surface area (Å²) >= 11 is 5.76. The molecule has 0 spiro atoms. The van der Waals surface area contributed by atoms with Gasteiger partial charge in [0.25, 0.3) is 11.6 Å². The Balaban J connectivity index is 2.11. The van der Waals surface area contributed by atoms with Crippen molar-refractivity contribution in [1.82, 2.24) is 0 Å². The van der Waals surface area contributed by atoms with E-state index in [1.54, 1.807) is 24.3 Å². The lowest BCUT2D eigenvalue weighted by molar-refractivity contribution is -0.384. The second kappa shape index (κ2) is 8.31. The maximum atomic E-state index is 12.3. The average Bonchev–Trinajstić information content (AvgIpc) is 2.57. The van der Waals surface area contributed by atoms with E-state index in [4.69, 9.17) is 16.3 Å². The molecule has 24 heavy (non-hydrogen) atoms. The van der Waals surface area contributed by atoms with Crippen molar-refractivity contribution in [3.8, 4) is 5.75 Å². The van der Waals surface area contributed by atoms with Crippen LogP contribution in [-0.2, 0) is 0 Å². The summed E-state index contributed by atoms with van der Waals surface area (Å²) in [4.78, 5) is 22.6. The molecule has 0 bridgehead atoms. The Morgan fingerprint density at radius 1 is 1.29 bits per heavy atom. The molecule has 0 saturated carbocycles. The van der Waals surface area contributed by atoms with Crippen LogP contribution in [0.1, 0.15) is 30.1 Å². The fourth-order valence-corrected chi connectivity index (χ4v) is 2.18. The van der Waals surface area contributed by atoms with Crippen molar-refractivity contribution in [2.24, 2.45) is 0 Å². The molecular formula is C17H17ClN2O4. The molecular weight excluding hydrogens is 332 g/mol. The number of anilines is 1. The molecule has 0 unspecified atom stereocenters. The minimum absolute atomic E-state index is 0.0179. The molecule has 0 saturated heterocycles. The molecule has 7 heteroatoms. The number of nitro benzene ring substituents is 1. The Morgan fingerprint density at radius 2 is 2.08 bits per heavy atom. The van der Waals surface area contributed by atoms with Crippen LogP contribution in [0.15, 0.2) is 42.5 Å². The van der Waals surface area contributed by atoms with E-state index in [1.807, 2.05) is 0 Å². The third kappa shape index (κ3) is 4.70. The summed E-state index contributed by atoms with van der Waals surface area (Å²) in [5.41, 5.74) is 0.445. The van der Waals surface area contributed by atoms with E-state index >= 15 is 0 Å². The molecule has 1 amide bonds. The second-order valence-corrected chi connectivity index (χ2v) is 5.51. The smallest absolute Gasteiger partial charge is 0.289 e. The minimum Gasteiger partial charge on any atom is -0.494 e. The number of amides is 1. The van der Waals surface area contributed by atoms with Crippen LogP contribution in [0.5, 0.6) is 5.75 Å². The van der Waals surface area contributed by atoms with Gasteiger partial charge in [0.15, 0.2) is 0 Å². The number of benzene rings is 2. The molecule has 126 valence electrons. The first-order valence-corrected chi connectivity index (χ1v) is 7.87. The maximum Gasteiger partial charge on any atom is 0.289 e. The molecule has 6 nitrogen and oxygen atoms in total. The van der Waals surface area contributed by atoms with Crippen LogP contribution in [0.3, 0.4) is 0 Å². The fraction of sp³-hybridized carbons (Fsp3) is 0.235. The van der Waals surface area contributed by atoms with Gasteiger partial charge in [-0.15, -0.1) is 0 Å². The Kier molecular flexibility index (Phi) is 6.14. The minimum atomic E-state index is -0.597. The van der Waals surface area contributed by atoms with Gasteiger partial charge < -0.3 is 10.1 Å². The fourth-order valence-electron chi connectivity index (χ4n) is 2.00. The maximum absolute atomic E-state index is 12.3. The van der Waals surface area contributed by atoms with Crippen molar-refractivity contribution in [2.45, 2.75) is 19.8 Å². The standard InChI is InChI=1S/C17H17ClN2O4/c1-2-3-9-24-14-6-4-5-12(10-14)17(21)19-13-7-8-15(18)16(11-13)20(22)23/h4-8,10-11H,2-3,9H2,1H3,(H,19,21). The van der Waals surface area contributed by atoms with Gasteiger partial charge in [-0.05, 0) is 36.8 Å². The normalized spacial score (nSPS) is 10.2. The summed E-state index contributed by atoms with van der Waals surface area (Å²) in [5.74, 6) is 0.228. The van der Waals surface area contributed by atoms with Crippen molar-refractivity contribution in [3.05, 3.63) is 63.2 Å². The summed E-state index contributed by atoms with van der Waals surface area (Å²) in [6.07, 6.45) is 1.96. The Morgan fingerprint density at radius 3 is 2.79 bits per heavy atom. The van der Waals surface area contributed by atoms with Crippen LogP contribution in [0.4, 0.5) is 11.4 Å². The van der Waals surface area contributed by atoms with Gasteiger partial charge in [-0.1, -0.05) is 31.0 Å². The Labute approximate surface area is 144 Å². The van der Waals surface area contributed by atoms with Crippen molar-refractivity contribution in [2.75, 3.05) is 11.9 Å². The predicted molar refractivity (Wildman–Crippen MR) is 92.9 cm³/mol. The molecule has 2 aromatic carbocycles. The van der Waals surface area contributed by atoms with Crippen LogP contribution >= 0.6 is 11.6 Å². The molecule has 2 rings (SSSR count). The highest BCUT2D eigenvalue weighted by atomic mass is 35.5. The predicted octanol–water partition coefficient (Wildman–Crippen LogP) is 4.68. The summed E-state index contributed by atoms with van der Waals surface area (Å²) < 4.78 is 5.57. The van der Waals surface area contributed by atoms with Gasteiger partial charge in [0.05, 0.1) is 11.5 Å². The molecule has 0 aliphatic carbocycles. The zero-order valence-corrected chi connectivity index (χ0v) is 13.9. The number of carbonyl (C=O) groups excluding carboxylic acids is 1. The topological polar surface area (TPSA) is 81.5 Å². The molecule has 2 aromatic rings. The summed E-state index contributed by atoms with van der Waals surface area (Å²) in [5, 5.41) is 13.5. The third-order valence-corrected chi connectivity index (χ3v) is 3.58. The third-order valence-electron chi connectivity index (χ3n) is 3.26. The number of nitrogens with zero attached hydrogens (tertiary/aromatic N) is 1. The first-order valence-electron chi connectivity index (χ1n) is 7.49. The molecule has 0 aliphatic heterocycles. The van der Waals surface area contributed by atoms with E-state index in [1.165, 1.54) is 18.2 Å². The number of nitro groups is 1. The van der Waals surface area contributed by atoms with Gasteiger partial charge in [-0.25, -0.2) is 0 Å². The average molecular weight is 349 g/mol. The van der Waals surface area contributed by atoms with Gasteiger partial charge in [0.2, 0.25) is 0 Å². The first kappa shape index (κ1) is 17.7. The lowest BCUT2D eigenvalue weighted by Crippen LogP contribution is -2.12. The lowest BCUT2D eigenvalue weighted by Gasteiger charge is -2.09. The molecule has 1 N–H and O–H groups in total. The molecule has 0 heterocycles. The van der Waals surface area contributed by atoms with Crippen molar-refractivity contribution in [1.29, 1.82) is 0 Å². The summed E-state index contributed by atoms with van der Waals surface area (Å²) in [6, 6.07) is 10.9. The highest BCUT2D eigenvalue weighted by molar-refractivity contribution is 6.32. The van der Waals surface area contributed by atoms with Crippen molar-refractivity contribution < 1.29 is 14.5 Å². The number of carbonyl (C=O) groups is 1. The second-order valence-electron chi connectivity index (χ2n) is 5.11. The van der Waals surface area contributed by atoms with Crippen LogP contribution in [0, 0.1) is 10.1 Å². The van der Waals surface area contributed by atoms with Crippen molar-refractivity contribution in [3.63, 3.8) is 0 Å². The lowest BCUT2D eigenvalue weighted by atomic mass is 10.2. The number of hydrogen-bond donors (Lipinski definition) is 1. The zero-order valence-electron chi connectivity index (χ0n) is 13.1. The summed E-state index contributed by atoms with van der Waals surface area (Å²) in [6.45, 7) is 2.66. The highest BCUT2D eigenvalue weighted by Gasteiger charge is 2.14. The summed E-state index contributed by atoms with van der Waals surface area (Å²) in [7, 11) is 0. The van der Waals surface area contributed by atoms with Gasteiger partial charge in [0.1, 0.15) is 10.8 Å². The largest absolute Gasteiger partial charge is 0.494 e. The monoisotopic (exact) mass is 348 g/mol. The number of halogens is 1. The zero-order chi connectivity index (χ0) is 17.5. The van der Waals surface area contributed by atoms with Gasteiger partial charge in [-0.3, -0.25) is 14.9 Å². The van der Waals surface area contributed by atoms with Crippen LogP contribution in [-0.4, -0.2) is 17.4 Å². The van der Waals surface area contributed by atoms with Gasteiger partial charge >= 0.3 is 0 Å². The van der Waals surface area contributed by atoms with E-state index in [0.717, 1.165) is 12.8 Å². The number of hydrogen-bond acceptors (Lipinski definition) is 4. The van der Waals surface area contributed by atoms with Gasteiger partial charge in [-0.2, -0.15) is 0 Å². The van der Waals surface area contributed by atoms with E-state index in [-0.39, 0.29) is 16.6 Å². The Hall–Kier alpha value is -2.60. The van der Waals surface area contributed by atoms with Crippen LogP contribution in [0.2, 0.25) is 5.02 Å². The van der Waals surface area contributed by atoms with E-state index in [9.17, 15) is 14.9 Å². The molecule has 0 aliphatic rings. The van der Waals surface area contributed by atoms with E-state index in [0.29, 0.717) is 23.6 Å². The molecule has 0 aromatic heterocycles. The molecule has 0 radical (unpaired) electrons. The van der Waals surface area contributed by atoms with Gasteiger partial charge in [0, 0.05) is 17.3 Å². The van der Waals surface area contributed by atoms with Crippen molar-refractivity contribution >= 4 is 28.9 Å². The molecule has 0 fully saturated rings. The van der Waals surface area contributed by atoms with E-state index < -0.39 is 4.92 Å². The quantitative estimate of drug-likeness (QED) is 0.447. The SMILES string of the molecule is CCCCOc1cccc(C(=O)Nc2ccc(Cl)c([N+](=O)[O-])c2)c1. The number of ether oxygens (including phenoxy) is 1. The Bertz CT molecular complexity index is 749. The number of rotatable bonds is 7. The highest BCUT2D eigenvalue weighted by Crippen LogP contribution is 2.27. The van der Waals surface area contributed by atoms with Crippen LogP contribution in [0.25, 0.3) is 0 Å². The number of nitrogens with one attached hydrogen (secondary N) is 1. The molecule has 0 atom stereocenters. The number of unbranched alkanes of at least 4 members (excludes halogenated alkanes) is 1. The van der Waals surface area contributed by atoms with Crippen LogP contribution < -0.4 is 10.1 Å². The van der Waals surface area contributed by atoms with E-state index in [2.05, 4.69) is 12.2 Å². The first-order chi connectivity index (χ1) is 11.5.